The maximum Gasteiger partial charge on any atom is 0.254 e. The van der Waals surface area contributed by atoms with E-state index in [2.05, 4.69) is 18.8 Å². The monoisotopic (exact) mass is 346 g/mol. The number of aryl methyl sites for hydroxylation is 1. The molecule has 1 aliphatic rings. The molecule has 1 aromatic heterocycles. The van der Waals surface area contributed by atoms with Crippen LogP contribution < -0.4 is 4.74 Å². The zero-order chi connectivity index (χ0) is 18.0. The SMILES string of the molecule is COc1cc(C(=O)N2CCc3oc(CCC(C)C)nc3C2)ccc1F. The molecule has 0 unspecified atom stereocenters. The highest BCUT2D eigenvalue weighted by atomic mass is 19.1. The fourth-order valence-electron chi connectivity index (χ4n) is 2.92. The van der Waals surface area contributed by atoms with Crippen LogP contribution in [-0.2, 0) is 19.4 Å². The van der Waals surface area contributed by atoms with Gasteiger partial charge in [-0.05, 0) is 30.5 Å². The lowest BCUT2D eigenvalue weighted by Gasteiger charge is -2.25. The smallest absolute Gasteiger partial charge is 0.254 e. The summed E-state index contributed by atoms with van der Waals surface area (Å²) in [5, 5.41) is 0. The lowest BCUT2D eigenvalue weighted by Crippen LogP contribution is -2.35. The van der Waals surface area contributed by atoms with E-state index in [1.165, 1.54) is 25.3 Å². The molecule has 5 nitrogen and oxygen atoms in total. The lowest BCUT2D eigenvalue weighted by atomic mass is 10.1. The first-order valence-electron chi connectivity index (χ1n) is 8.58. The van der Waals surface area contributed by atoms with Crippen LogP contribution in [0.4, 0.5) is 4.39 Å². The number of carbonyl (C=O) groups is 1. The Morgan fingerprint density at radius 1 is 1.44 bits per heavy atom. The highest BCUT2D eigenvalue weighted by Gasteiger charge is 2.26. The second-order valence-electron chi connectivity index (χ2n) is 6.74. The summed E-state index contributed by atoms with van der Waals surface area (Å²) in [5.41, 5.74) is 1.23. The topological polar surface area (TPSA) is 55.6 Å². The van der Waals surface area contributed by atoms with E-state index in [1.54, 1.807) is 4.90 Å². The van der Waals surface area contributed by atoms with Gasteiger partial charge in [0.05, 0.1) is 13.7 Å². The summed E-state index contributed by atoms with van der Waals surface area (Å²) in [6.07, 6.45) is 2.49. The molecule has 0 saturated heterocycles. The van der Waals surface area contributed by atoms with Gasteiger partial charge in [0, 0.05) is 24.9 Å². The first-order chi connectivity index (χ1) is 12.0. The maximum atomic E-state index is 13.5. The molecule has 0 fully saturated rings. The minimum atomic E-state index is -0.480. The molecule has 1 aromatic carbocycles. The van der Waals surface area contributed by atoms with E-state index in [1.807, 2.05) is 0 Å². The molecule has 0 saturated carbocycles. The molecule has 0 bridgehead atoms. The van der Waals surface area contributed by atoms with Crippen molar-refractivity contribution >= 4 is 5.91 Å². The van der Waals surface area contributed by atoms with Gasteiger partial charge in [-0.2, -0.15) is 0 Å². The highest BCUT2D eigenvalue weighted by molar-refractivity contribution is 5.94. The Kier molecular flexibility index (Phi) is 5.06. The minimum Gasteiger partial charge on any atom is -0.494 e. The molecule has 2 aromatic rings. The Morgan fingerprint density at radius 3 is 2.96 bits per heavy atom. The van der Waals surface area contributed by atoms with Gasteiger partial charge in [-0.1, -0.05) is 13.8 Å². The van der Waals surface area contributed by atoms with Crippen molar-refractivity contribution in [1.82, 2.24) is 9.88 Å². The minimum absolute atomic E-state index is 0.0703. The summed E-state index contributed by atoms with van der Waals surface area (Å²) in [6.45, 7) is 5.31. The Balaban J connectivity index is 1.72. The van der Waals surface area contributed by atoms with Gasteiger partial charge in [-0.3, -0.25) is 4.79 Å². The van der Waals surface area contributed by atoms with Crippen molar-refractivity contribution in [2.75, 3.05) is 13.7 Å². The Labute approximate surface area is 146 Å². The zero-order valence-electron chi connectivity index (χ0n) is 14.8. The number of halogens is 1. The molecule has 3 rings (SSSR count). The van der Waals surface area contributed by atoms with E-state index in [-0.39, 0.29) is 11.7 Å². The molecule has 0 radical (unpaired) electrons. The molecule has 0 aliphatic carbocycles. The average molecular weight is 346 g/mol. The van der Waals surface area contributed by atoms with Gasteiger partial charge in [0.25, 0.3) is 5.91 Å². The fourth-order valence-corrected chi connectivity index (χ4v) is 2.92. The molecule has 1 amide bonds. The number of rotatable bonds is 5. The van der Waals surface area contributed by atoms with Crippen molar-refractivity contribution in [2.45, 2.75) is 39.7 Å². The number of nitrogens with zero attached hydrogens (tertiary/aromatic N) is 2. The summed E-state index contributed by atoms with van der Waals surface area (Å²) in [6, 6.07) is 4.16. The van der Waals surface area contributed by atoms with Crippen LogP contribution in [0.15, 0.2) is 22.6 Å². The van der Waals surface area contributed by atoms with Crippen molar-refractivity contribution in [3.05, 3.63) is 46.9 Å². The summed E-state index contributed by atoms with van der Waals surface area (Å²) in [4.78, 5) is 19.0. The molecule has 6 heteroatoms. The molecule has 25 heavy (non-hydrogen) atoms. The van der Waals surface area contributed by atoms with Crippen molar-refractivity contribution in [3.63, 3.8) is 0 Å². The number of oxazole rings is 1. The standard InChI is InChI=1S/C19H23FN2O3/c1-12(2)4-7-18-21-15-11-22(9-8-16(15)25-18)19(23)13-5-6-14(20)17(10-13)24-3/h5-6,10,12H,4,7-9,11H2,1-3H3. The first kappa shape index (κ1) is 17.5. The van der Waals surface area contributed by atoms with E-state index in [9.17, 15) is 9.18 Å². The maximum absolute atomic E-state index is 13.5. The number of amides is 1. The first-order valence-corrected chi connectivity index (χ1v) is 8.58. The molecular weight excluding hydrogens is 323 g/mol. The predicted molar refractivity (Wildman–Crippen MR) is 91.1 cm³/mol. The summed E-state index contributed by atoms with van der Waals surface area (Å²) < 4.78 is 24.3. The van der Waals surface area contributed by atoms with E-state index in [0.717, 1.165) is 30.2 Å². The number of benzene rings is 1. The number of ether oxygens (including phenoxy) is 1. The summed E-state index contributed by atoms with van der Waals surface area (Å²) in [7, 11) is 1.38. The number of hydrogen-bond donors (Lipinski definition) is 0. The molecule has 134 valence electrons. The van der Waals surface area contributed by atoms with Crippen LogP contribution in [0.2, 0.25) is 0 Å². The quantitative estimate of drug-likeness (QED) is 0.830. The van der Waals surface area contributed by atoms with Gasteiger partial charge in [-0.25, -0.2) is 9.37 Å². The van der Waals surface area contributed by atoms with Crippen LogP contribution in [0.5, 0.6) is 5.75 Å². The lowest BCUT2D eigenvalue weighted by molar-refractivity contribution is 0.0727. The second kappa shape index (κ2) is 7.25. The normalized spacial score (nSPS) is 13.9. The van der Waals surface area contributed by atoms with Gasteiger partial charge in [0.2, 0.25) is 0 Å². The van der Waals surface area contributed by atoms with Crippen molar-refractivity contribution in [3.8, 4) is 5.75 Å². The van der Waals surface area contributed by atoms with Gasteiger partial charge >= 0.3 is 0 Å². The molecule has 0 N–H and O–H groups in total. The zero-order valence-corrected chi connectivity index (χ0v) is 14.8. The van der Waals surface area contributed by atoms with Crippen molar-refractivity contribution < 1.29 is 18.3 Å². The summed E-state index contributed by atoms with van der Waals surface area (Å²) >= 11 is 0. The number of hydrogen-bond acceptors (Lipinski definition) is 4. The van der Waals surface area contributed by atoms with Gasteiger partial charge in [0.1, 0.15) is 11.5 Å². The number of aromatic nitrogens is 1. The predicted octanol–water partition coefficient (Wildman–Crippen LogP) is 3.61. The highest BCUT2D eigenvalue weighted by Crippen LogP contribution is 2.24. The van der Waals surface area contributed by atoms with Gasteiger partial charge < -0.3 is 14.1 Å². The molecular formula is C19H23FN2O3. The third-order valence-corrected chi connectivity index (χ3v) is 4.39. The van der Waals surface area contributed by atoms with Crippen LogP contribution in [-0.4, -0.2) is 29.4 Å². The van der Waals surface area contributed by atoms with Crippen LogP contribution in [0.3, 0.4) is 0 Å². The van der Waals surface area contributed by atoms with Crippen LogP contribution >= 0.6 is 0 Å². The third-order valence-electron chi connectivity index (χ3n) is 4.39. The number of methoxy groups -OCH3 is 1. The molecule has 2 heterocycles. The van der Waals surface area contributed by atoms with Gasteiger partial charge in [-0.15, -0.1) is 0 Å². The Morgan fingerprint density at radius 2 is 2.24 bits per heavy atom. The number of fused-ring (bicyclic) bond motifs is 1. The van der Waals surface area contributed by atoms with E-state index in [0.29, 0.717) is 31.0 Å². The fraction of sp³-hybridized carbons (Fsp3) is 0.474. The third kappa shape index (κ3) is 3.83. The van der Waals surface area contributed by atoms with Crippen molar-refractivity contribution in [2.24, 2.45) is 5.92 Å². The largest absolute Gasteiger partial charge is 0.494 e. The van der Waals surface area contributed by atoms with Crippen molar-refractivity contribution in [1.29, 1.82) is 0 Å². The Hall–Kier alpha value is -2.37. The van der Waals surface area contributed by atoms with Crippen LogP contribution in [0.1, 0.15) is 48.0 Å². The van der Waals surface area contributed by atoms with Crippen LogP contribution in [0, 0.1) is 11.7 Å². The average Bonchev–Trinajstić information content (AvgIpc) is 3.01. The van der Waals surface area contributed by atoms with Crippen LogP contribution in [0.25, 0.3) is 0 Å². The van der Waals surface area contributed by atoms with Gasteiger partial charge in [0.15, 0.2) is 17.5 Å². The van der Waals surface area contributed by atoms with E-state index >= 15 is 0 Å². The van der Waals surface area contributed by atoms with E-state index < -0.39 is 5.82 Å². The second-order valence-corrected chi connectivity index (χ2v) is 6.74. The Bertz CT molecular complexity index is 770. The molecule has 0 spiro atoms. The molecule has 1 aliphatic heterocycles. The summed E-state index contributed by atoms with van der Waals surface area (Å²) in [5.74, 6) is 1.65. The van der Waals surface area contributed by atoms with E-state index in [4.69, 9.17) is 9.15 Å². The number of carbonyl (C=O) groups excluding carboxylic acids is 1. The molecule has 0 atom stereocenters.